The summed E-state index contributed by atoms with van der Waals surface area (Å²) in [6.45, 7) is 6.26. The molecule has 2 atom stereocenters. The second kappa shape index (κ2) is 6.65. The van der Waals surface area contributed by atoms with Gasteiger partial charge in [-0.05, 0) is 24.8 Å². The first-order valence-corrected chi connectivity index (χ1v) is 7.39. The predicted octanol–water partition coefficient (Wildman–Crippen LogP) is 1.13. The van der Waals surface area contributed by atoms with Crippen LogP contribution in [0.2, 0.25) is 0 Å². The van der Waals surface area contributed by atoms with Crippen LogP contribution in [-0.2, 0) is 16.1 Å². The maximum absolute atomic E-state index is 12.6. The van der Waals surface area contributed by atoms with Crippen molar-refractivity contribution in [3.63, 3.8) is 0 Å². The van der Waals surface area contributed by atoms with E-state index in [4.69, 9.17) is 0 Å². The van der Waals surface area contributed by atoms with Crippen LogP contribution in [0.5, 0.6) is 0 Å². The largest absolute Gasteiger partial charge is 0.342 e. The molecular weight excluding hydrogens is 268 g/mol. The minimum absolute atomic E-state index is 0.0393. The van der Waals surface area contributed by atoms with E-state index >= 15 is 0 Å². The van der Waals surface area contributed by atoms with Crippen molar-refractivity contribution >= 4 is 11.8 Å². The van der Waals surface area contributed by atoms with E-state index in [1.807, 2.05) is 20.8 Å². The van der Waals surface area contributed by atoms with Gasteiger partial charge in [-0.25, -0.2) is 9.97 Å². The van der Waals surface area contributed by atoms with Crippen molar-refractivity contribution in [3.8, 4) is 0 Å². The number of nitrogens with zero attached hydrogens (tertiary/aromatic N) is 3. The smallest absolute Gasteiger partial charge is 0.246 e. The minimum atomic E-state index is -0.441. The number of rotatable bonds is 5. The maximum Gasteiger partial charge on any atom is 0.246 e. The Balaban J connectivity index is 2.20. The lowest BCUT2D eigenvalue weighted by Crippen LogP contribution is -2.63. The van der Waals surface area contributed by atoms with Gasteiger partial charge in [-0.15, -0.1) is 0 Å². The summed E-state index contributed by atoms with van der Waals surface area (Å²) in [4.78, 5) is 34.8. The van der Waals surface area contributed by atoms with E-state index in [1.54, 1.807) is 23.4 Å². The summed E-state index contributed by atoms with van der Waals surface area (Å²) in [7, 11) is 0. The van der Waals surface area contributed by atoms with Crippen LogP contribution in [0.15, 0.2) is 18.5 Å². The van der Waals surface area contributed by atoms with Gasteiger partial charge < -0.3 is 10.2 Å². The molecule has 0 radical (unpaired) electrons. The standard InChI is InChI=1S/C15H22N4O2/c1-4-12-14(20)18-11(8-10(2)3)15(21)19(12)9-13-16-6-5-7-17-13/h5-7,10-12H,4,8-9H2,1-3H3,(H,18,20). The monoisotopic (exact) mass is 290 g/mol. The fourth-order valence-corrected chi connectivity index (χ4v) is 2.61. The first kappa shape index (κ1) is 15.4. The summed E-state index contributed by atoms with van der Waals surface area (Å²) in [6.07, 6.45) is 4.51. The topological polar surface area (TPSA) is 75.2 Å². The van der Waals surface area contributed by atoms with Crippen LogP contribution in [-0.4, -0.2) is 38.8 Å². The molecule has 0 spiro atoms. The summed E-state index contributed by atoms with van der Waals surface area (Å²) in [5.41, 5.74) is 0. The lowest BCUT2D eigenvalue weighted by atomic mass is 9.97. The van der Waals surface area contributed by atoms with Gasteiger partial charge in [-0.1, -0.05) is 20.8 Å². The Morgan fingerprint density at radius 3 is 2.52 bits per heavy atom. The van der Waals surface area contributed by atoms with Gasteiger partial charge >= 0.3 is 0 Å². The fraction of sp³-hybridized carbons (Fsp3) is 0.600. The van der Waals surface area contributed by atoms with Gasteiger partial charge in [-0.2, -0.15) is 0 Å². The van der Waals surface area contributed by atoms with E-state index in [1.165, 1.54) is 0 Å². The van der Waals surface area contributed by atoms with Gasteiger partial charge in [0.25, 0.3) is 0 Å². The highest BCUT2D eigenvalue weighted by Crippen LogP contribution is 2.19. The number of hydrogen-bond acceptors (Lipinski definition) is 4. The second-order valence-corrected chi connectivity index (χ2v) is 5.75. The average Bonchev–Trinajstić information content (AvgIpc) is 2.45. The van der Waals surface area contributed by atoms with Crippen molar-refractivity contribution in [2.75, 3.05) is 0 Å². The first-order chi connectivity index (χ1) is 10.0. The zero-order valence-corrected chi connectivity index (χ0v) is 12.7. The molecule has 1 aromatic heterocycles. The zero-order valence-electron chi connectivity index (χ0n) is 12.7. The van der Waals surface area contributed by atoms with Crippen LogP contribution in [0.25, 0.3) is 0 Å². The van der Waals surface area contributed by atoms with Gasteiger partial charge in [0, 0.05) is 12.4 Å². The molecule has 1 aliphatic rings. The van der Waals surface area contributed by atoms with E-state index in [0.29, 0.717) is 24.6 Å². The molecule has 2 unspecified atom stereocenters. The van der Waals surface area contributed by atoms with Crippen LogP contribution in [0.1, 0.15) is 39.4 Å². The molecule has 2 heterocycles. The third-order valence-electron chi connectivity index (χ3n) is 3.60. The second-order valence-electron chi connectivity index (χ2n) is 5.75. The van der Waals surface area contributed by atoms with Crippen molar-refractivity contribution in [1.29, 1.82) is 0 Å². The highest BCUT2D eigenvalue weighted by Gasteiger charge is 2.39. The molecule has 1 saturated heterocycles. The number of carbonyl (C=O) groups is 2. The molecule has 0 aromatic carbocycles. The maximum atomic E-state index is 12.6. The molecule has 0 aliphatic carbocycles. The predicted molar refractivity (Wildman–Crippen MR) is 78.0 cm³/mol. The lowest BCUT2D eigenvalue weighted by Gasteiger charge is -2.38. The number of aromatic nitrogens is 2. The van der Waals surface area contributed by atoms with Gasteiger partial charge in [0.15, 0.2) is 0 Å². The zero-order chi connectivity index (χ0) is 15.4. The summed E-state index contributed by atoms with van der Waals surface area (Å²) in [6, 6.07) is 0.848. The number of hydrogen-bond donors (Lipinski definition) is 1. The average molecular weight is 290 g/mol. The number of nitrogens with one attached hydrogen (secondary N) is 1. The molecule has 114 valence electrons. The molecule has 6 nitrogen and oxygen atoms in total. The number of piperazine rings is 1. The van der Waals surface area contributed by atoms with E-state index in [0.717, 1.165) is 0 Å². The van der Waals surface area contributed by atoms with Crippen molar-refractivity contribution in [3.05, 3.63) is 24.3 Å². The molecule has 1 fully saturated rings. The Morgan fingerprint density at radius 1 is 1.29 bits per heavy atom. The lowest BCUT2D eigenvalue weighted by molar-refractivity contribution is -0.150. The molecular formula is C15H22N4O2. The third-order valence-corrected chi connectivity index (χ3v) is 3.60. The van der Waals surface area contributed by atoms with E-state index < -0.39 is 12.1 Å². The van der Waals surface area contributed by atoms with Gasteiger partial charge in [0.05, 0.1) is 6.54 Å². The summed E-state index contributed by atoms with van der Waals surface area (Å²) in [5, 5.41) is 2.84. The SMILES string of the molecule is CCC1C(=O)NC(CC(C)C)C(=O)N1Cc1ncccn1. The third kappa shape index (κ3) is 3.56. The number of amides is 2. The Kier molecular flexibility index (Phi) is 4.88. The van der Waals surface area contributed by atoms with Crippen molar-refractivity contribution < 1.29 is 9.59 Å². The van der Waals surface area contributed by atoms with E-state index in [-0.39, 0.29) is 18.4 Å². The molecule has 21 heavy (non-hydrogen) atoms. The van der Waals surface area contributed by atoms with Crippen molar-refractivity contribution in [2.45, 2.75) is 52.2 Å². The van der Waals surface area contributed by atoms with Crippen LogP contribution in [0, 0.1) is 5.92 Å². The molecule has 2 rings (SSSR count). The molecule has 0 bridgehead atoms. The van der Waals surface area contributed by atoms with Crippen LogP contribution < -0.4 is 5.32 Å². The van der Waals surface area contributed by atoms with Crippen molar-refractivity contribution in [2.24, 2.45) is 5.92 Å². The molecule has 1 N–H and O–H groups in total. The molecule has 1 aliphatic heterocycles. The first-order valence-electron chi connectivity index (χ1n) is 7.39. The van der Waals surface area contributed by atoms with Gasteiger partial charge in [0.2, 0.25) is 11.8 Å². The van der Waals surface area contributed by atoms with Gasteiger partial charge in [0.1, 0.15) is 17.9 Å². The molecule has 0 saturated carbocycles. The highest BCUT2D eigenvalue weighted by atomic mass is 16.2. The quantitative estimate of drug-likeness (QED) is 0.882. The summed E-state index contributed by atoms with van der Waals surface area (Å²) < 4.78 is 0. The highest BCUT2D eigenvalue weighted by molar-refractivity contribution is 5.96. The summed E-state index contributed by atoms with van der Waals surface area (Å²) >= 11 is 0. The Labute approximate surface area is 125 Å². The van der Waals surface area contributed by atoms with Gasteiger partial charge in [-0.3, -0.25) is 9.59 Å². The Hall–Kier alpha value is -1.98. The minimum Gasteiger partial charge on any atom is -0.342 e. The normalized spacial score (nSPS) is 22.6. The molecule has 6 heteroatoms. The van der Waals surface area contributed by atoms with E-state index in [2.05, 4.69) is 15.3 Å². The van der Waals surface area contributed by atoms with Crippen LogP contribution in [0.3, 0.4) is 0 Å². The summed E-state index contributed by atoms with van der Waals surface area (Å²) in [5.74, 6) is 0.774. The van der Waals surface area contributed by atoms with Crippen LogP contribution >= 0.6 is 0 Å². The molecule has 1 aromatic rings. The van der Waals surface area contributed by atoms with E-state index in [9.17, 15) is 9.59 Å². The fourth-order valence-electron chi connectivity index (χ4n) is 2.61. The number of carbonyl (C=O) groups excluding carboxylic acids is 2. The van der Waals surface area contributed by atoms with Crippen molar-refractivity contribution in [1.82, 2.24) is 20.2 Å². The Bertz CT molecular complexity index is 504. The Morgan fingerprint density at radius 2 is 1.95 bits per heavy atom. The molecule has 2 amide bonds. The van der Waals surface area contributed by atoms with Crippen LogP contribution in [0.4, 0.5) is 0 Å².